The fourth-order valence-corrected chi connectivity index (χ4v) is 2.78. The molecule has 1 fully saturated rings. The zero-order valence-electron chi connectivity index (χ0n) is 12.5. The van der Waals surface area contributed by atoms with E-state index in [0.717, 1.165) is 25.0 Å². The molecule has 1 aromatic heterocycles. The van der Waals surface area contributed by atoms with Gasteiger partial charge in [0, 0.05) is 25.7 Å². The molecule has 0 bridgehead atoms. The van der Waals surface area contributed by atoms with Gasteiger partial charge in [0.1, 0.15) is 24.3 Å². The van der Waals surface area contributed by atoms with Crippen molar-refractivity contribution in [2.24, 2.45) is 5.92 Å². The van der Waals surface area contributed by atoms with Crippen LogP contribution in [0.3, 0.4) is 0 Å². The first-order valence-corrected chi connectivity index (χ1v) is 7.45. The van der Waals surface area contributed by atoms with Crippen LogP contribution in [0.5, 0.6) is 0 Å². The highest BCUT2D eigenvalue weighted by Crippen LogP contribution is 2.20. The van der Waals surface area contributed by atoms with Crippen LogP contribution in [0.1, 0.15) is 12.8 Å². The smallest absolute Gasteiger partial charge is 0.321 e. The van der Waals surface area contributed by atoms with E-state index in [2.05, 4.69) is 15.4 Å². The molecule has 1 aromatic carbocycles. The molecule has 1 N–H and O–H groups in total. The van der Waals surface area contributed by atoms with Gasteiger partial charge in [0.2, 0.25) is 0 Å². The standard InChI is InChI=1S/C15H17F2N5O/c16-12-3-4-14(13(17)6-12)20-15(23)21-5-1-2-11(7-21)8-22-10-18-9-19-22/h3-4,6,9-11H,1-2,5,7-8H2,(H,20,23)/t11-/m0/s1. The first kappa shape index (κ1) is 15.4. The Kier molecular flexibility index (Phi) is 4.50. The lowest BCUT2D eigenvalue weighted by Crippen LogP contribution is -2.43. The van der Waals surface area contributed by atoms with Gasteiger partial charge in [-0.05, 0) is 30.9 Å². The first-order chi connectivity index (χ1) is 11.1. The highest BCUT2D eigenvalue weighted by atomic mass is 19.1. The van der Waals surface area contributed by atoms with Gasteiger partial charge in [-0.25, -0.2) is 18.6 Å². The summed E-state index contributed by atoms with van der Waals surface area (Å²) in [5.74, 6) is -1.19. The van der Waals surface area contributed by atoms with E-state index in [-0.39, 0.29) is 17.6 Å². The molecule has 0 spiro atoms. The maximum Gasteiger partial charge on any atom is 0.321 e. The minimum absolute atomic E-state index is 0.0187. The Hall–Kier alpha value is -2.51. The lowest BCUT2D eigenvalue weighted by atomic mass is 9.98. The zero-order valence-corrected chi connectivity index (χ0v) is 12.5. The van der Waals surface area contributed by atoms with Gasteiger partial charge in [0.25, 0.3) is 0 Å². The van der Waals surface area contributed by atoms with Crippen LogP contribution < -0.4 is 5.32 Å². The van der Waals surface area contributed by atoms with Gasteiger partial charge in [-0.15, -0.1) is 0 Å². The van der Waals surface area contributed by atoms with Crippen molar-refractivity contribution < 1.29 is 13.6 Å². The summed E-state index contributed by atoms with van der Waals surface area (Å²) in [4.78, 5) is 17.8. The number of urea groups is 1. The molecule has 1 saturated heterocycles. The monoisotopic (exact) mass is 321 g/mol. The van der Waals surface area contributed by atoms with E-state index in [9.17, 15) is 13.6 Å². The second kappa shape index (κ2) is 6.72. The summed E-state index contributed by atoms with van der Waals surface area (Å²) in [6.07, 6.45) is 4.99. The molecular formula is C15H17F2N5O. The highest BCUT2D eigenvalue weighted by molar-refractivity contribution is 5.89. The molecular weight excluding hydrogens is 304 g/mol. The van der Waals surface area contributed by atoms with E-state index in [1.165, 1.54) is 12.4 Å². The quantitative estimate of drug-likeness (QED) is 0.945. The van der Waals surface area contributed by atoms with Crippen molar-refractivity contribution in [2.45, 2.75) is 19.4 Å². The molecule has 6 nitrogen and oxygen atoms in total. The molecule has 122 valence electrons. The third-order valence-corrected chi connectivity index (χ3v) is 3.89. The van der Waals surface area contributed by atoms with E-state index in [0.29, 0.717) is 19.6 Å². The van der Waals surface area contributed by atoms with Gasteiger partial charge in [0.15, 0.2) is 0 Å². The normalized spacial score (nSPS) is 18.0. The second-order valence-electron chi connectivity index (χ2n) is 5.63. The number of amides is 2. The number of aromatic nitrogens is 3. The van der Waals surface area contributed by atoms with Gasteiger partial charge in [0.05, 0.1) is 5.69 Å². The number of carbonyl (C=O) groups is 1. The van der Waals surface area contributed by atoms with E-state index >= 15 is 0 Å². The topological polar surface area (TPSA) is 63.1 Å². The van der Waals surface area contributed by atoms with Gasteiger partial charge in [-0.2, -0.15) is 5.10 Å². The van der Waals surface area contributed by atoms with Crippen LogP contribution in [-0.2, 0) is 6.54 Å². The first-order valence-electron chi connectivity index (χ1n) is 7.45. The summed E-state index contributed by atoms with van der Waals surface area (Å²) < 4.78 is 28.3. The number of hydrogen-bond donors (Lipinski definition) is 1. The molecule has 8 heteroatoms. The summed E-state index contributed by atoms with van der Waals surface area (Å²) in [7, 11) is 0. The van der Waals surface area contributed by atoms with Gasteiger partial charge >= 0.3 is 6.03 Å². The Morgan fingerprint density at radius 3 is 3.00 bits per heavy atom. The Bertz CT molecular complexity index is 677. The molecule has 23 heavy (non-hydrogen) atoms. The molecule has 1 aliphatic heterocycles. The predicted molar refractivity (Wildman–Crippen MR) is 79.7 cm³/mol. The molecule has 2 amide bonds. The van der Waals surface area contributed by atoms with Crippen LogP contribution in [0.25, 0.3) is 0 Å². The zero-order chi connectivity index (χ0) is 16.2. The van der Waals surface area contributed by atoms with Gasteiger partial charge < -0.3 is 10.2 Å². The molecule has 3 rings (SSSR count). The number of anilines is 1. The number of nitrogens with one attached hydrogen (secondary N) is 1. The van der Waals surface area contributed by atoms with Gasteiger partial charge in [-0.1, -0.05) is 0 Å². The maximum atomic E-state index is 13.6. The molecule has 1 atom stereocenters. The lowest BCUT2D eigenvalue weighted by Gasteiger charge is -2.32. The van der Waals surface area contributed by atoms with Crippen molar-refractivity contribution in [1.29, 1.82) is 0 Å². The molecule has 2 aromatic rings. The Morgan fingerprint density at radius 1 is 1.39 bits per heavy atom. The van der Waals surface area contributed by atoms with Crippen LogP contribution in [0, 0.1) is 17.6 Å². The third kappa shape index (κ3) is 3.82. The molecule has 0 unspecified atom stereocenters. The summed E-state index contributed by atoms with van der Waals surface area (Å²) >= 11 is 0. The molecule has 0 saturated carbocycles. The van der Waals surface area contributed by atoms with Crippen molar-refractivity contribution in [3.8, 4) is 0 Å². The number of rotatable bonds is 3. The molecule has 0 radical (unpaired) electrons. The fourth-order valence-electron chi connectivity index (χ4n) is 2.78. The van der Waals surface area contributed by atoms with Crippen LogP contribution in [-0.4, -0.2) is 38.8 Å². The Labute approximate surface area is 132 Å². The van der Waals surface area contributed by atoms with Crippen molar-refractivity contribution in [1.82, 2.24) is 19.7 Å². The summed E-state index contributed by atoms with van der Waals surface area (Å²) in [5, 5.41) is 6.57. The molecule has 1 aliphatic rings. The highest BCUT2D eigenvalue weighted by Gasteiger charge is 2.24. The number of halogens is 2. The molecule has 2 heterocycles. The average molecular weight is 321 g/mol. The minimum atomic E-state index is -0.783. The third-order valence-electron chi connectivity index (χ3n) is 3.89. The second-order valence-corrected chi connectivity index (χ2v) is 5.63. The van der Waals surface area contributed by atoms with Crippen molar-refractivity contribution >= 4 is 11.7 Å². The summed E-state index contributed by atoms with van der Waals surface area (Å²) in [5.41, 5.74) is -0.0187. The van der Waals surface area contributed by atoms with E-state index in [1.54, 1.807) is 15.9 Å². The maximum absolute atomic E-state index is 13.6. The number of carbonyl (C=O) groups excluding carboxylic acids is 1. The van der Waals surface area contributed by atoms with Crippen LogP contribution in [0.4, 0.5) is 19.3 Å². The number of nitrogens with zero attached hydrogens (tertiary/aromatic N) is 4. The Balaban J connectivity index is 1.60. The number of piperidine rings is 1. The number of benzene rings is 1. The summed E-state index contributed by atoms with van der Waals surface area (Å²) in [6.45, 7) is 1.87. The number of hydrogen-bond acceptors (Lipinski definition) is 3. The van der Waals surface area contributed by atoms with Crippen molar-refractivity contribution in [3.05, 3.63) is 42.5 Å². The predicted octanol–water partition coefficient (Wildman–Crippen LogP) is 2.50. The number of likely N-dealkylation sites (tertiary alicyclic amines) is 1. The Morgan fingerprint density at radius 2 is 2.26 bits per heavy atom. The van der Waals surface area contributed by atoms with Gasteiger partial charge in [-0.3, -0.25) is 4.68 Å². The van der Waals surface area contributed by atoms with Crippen LogP contribution >= 0.6 is 0 Å². The lowest BCUT2D eigenvalue weighted by molar-refractivity contribution is 0.168. The SMILES string of the molecule is O=C(Nc1ccc(F)cc1F)N1CCC[C@H](Cn2cncn2)C1. The largest absolute Gasteiger partial charge is 0.324 e. The molecule has 0 aliphatic carbocycles. The van der Waals surface area contributed by atoms with Crippen molar-refractivity contribution in [2.75, 3.05) is 18.4 Å². The summed E-state index contributed by atoms with van der Waals surface area (Å²) in [6, 6.07) is 2.71. The van der Waals surface area contributed by atoms with Crippen LogP contribution in [0.2, 0.25) is 0 Å². The fraction of sp³-hybridized carbons (Fsp3) is 0.400. The van der Waals surface area contributed by atoms with E-state index < -0.39 is 11.6 Å². The van der Waals surface area contributed by atoms with Crippen molar-refractivity contribution in [3.63, 3.8) is 0 Å². The minimum Gasteiger partial charge on any atom is -0.324 e. The van der Waals surface area contributed by atoms with E-state index in [4.69, 9.17) is 0 Å². The van der Waals surface area contributed by atoms with E-state index in [1.807, 2.05) is 0 Å². The average Bonchev–Trinajstić information content (AvgIpc) is 3.03. The van der Waals surface area contributed by atoms with Crippen LogP contribution in [0.15, 0.2) is 30.9 Å².